The molecule has 0 aliphatic carbocycles. The maximum Gasteiger partial charge on any atom is 0.370 e. The lowest BCUT2D eigenvalue weighted by atomic mass is 10.5. The molecule has 1 radical (unpaired) electrons. The van der Waals surface area contributed by atoms with Crippen LogP contribution in [0.5, 0.6) is 0 Å². The lowest BCUT2D eigenvalue weighted by Gasteiger charge is -2.14. The highest BCUT2D eigenvalue weighted by Crippen LogP contribution is 2.07. The Hall–Kier alpha value is -0.160. The third-order valence-electron chi connectivity index (χ3n) is 1.34. The second kappa shape index (κ2) is 10.9. The van der Waals surface area contributed by atoms with Gasteiger partial charge in [-0.3, -0.25) is 0 Å². The molecule has 0 aromatic rings. The van der Waals surface area contributed by atoms with E-state index in [0.717, 1.165) is 6.42 Å². The maximum atomic E-state index is 5.23. The molecule has 0 atom stereocenters. The van der Waals surface area contributed by atoms with Crippen LogP contribution >= 0.6 is 0 Å². The van der Waals surface area contributed by atoms with Crippen LogP contribution in [-0.4, -0.2) is 33.0 Å². The zero-order valence-corrected chi connectivity index (χ0v) is 9.38. The van der Waals surface area contributed by atoms with E-state index in [1.807, 2.05) is 20.8 Å². The van der Waals surface area contributed by atoms with Crippen LogP contribution < -0.4 is 0 Å². The van der Waals surface area contributed by atoms with Crippen LogP contribution in [-0.2, 0) is 18.9 Å². The molecule has 0 amide bonds. The van der Waals surface area contributed by atoms with E-state index >= 15 is 0 Å². The summed E-state index contributed by atoms with van der Waals surface area (Å²) in [6.07, 6.45) is 0.936. The van der Waals surface area contributed by atoms with Gasteiger partial charge in [0.25, 0.3) is 0 Å². The van der Waals surface area contributed by atoms with Gasteiger partial charge in [-0.15, -0.1) is 0 Å². The average molecular weight is 205 g/mol. The Morgan fingerprint density at radius 2 is 1.50 bits per heavy atom. The highest BCUT2D eigenvalue weighted by molar-refractivity contribution is 4.48. The van der Waals surface area contributed by atoms with Gasteiger partial charge in [0, 0.05) is 13.2 Å². The molecular weight excluding hydrogens is 184 g/mol. The second-order valence-electron chi connectivity index (χ2n) is 2.58. The molecule has 4 heteroatoms. The lowest BCUT2D eigenvalue weighted by Crippen LogP contribution is -2.16. The van der Waals surface area contributed by atoms with Crippen LogP contribution in [0.1, 0.15) is 27.2 Å². The molecule has 0 rings (SSSR count). The fourth-order valence-corrected chi connectivity index (χ4v) is 0.757. The zero-order chi connectivity index (χ0) is 10.6. The lowest BCUT2D eigenvalue weighted by molar-refractivity contribution is -0.189. The molecule has 4 nitrogen and oxygen atoms in total. The summed E-state index contributed by atoms with van der Waals surface area (Å²) in [5, 5.41) is 0. The van der Waals surface area contributed by atoms with Crippen molar-refractivity contribution < 1.29 is 18.9 Å². The summed E-state index contributed by atoms with van der Waals surface area (Å²) in [7, 11) is 0. The topological polar surface area (TPSA) is 36.9 Å². The third-order valence-corrected chi connectivity index (χ3v) is 1.34. The fourth-order valence-electron chi connectivity index (χ4n) is 0.757. The van der Waals surface area contributed by atoms with Crippen molar-refractivity contribution in [3.63, 3.8) is 0 Å². The first-order chi connectivity index (χ1) is 6.85. The minimum absolute atomic E-state index is 0.258. The van der Waals surface area contributed by atoms with Crippen LogP contribution in [0.2, 0.25) is 0 Å². The largest absolute Gasteiger partial charge is 0.379 e. The van der Waals surface area contributed by atoms with Gasteiger partial charge in [0.1, 0.15) is 0 Å². The van der Waals surface area contributed by atoms with Gasteiger partial charge in [-0.25, -0.2) is 0 Å². The van der Waals surface area contributed by atoms with Crippen LogP contribution in [0, 0.1) is 6.48 Å². The minimum atomic E-state index is 0.258. The SMILES string of the molecule is CCCO[C](OCC)OCCOCC. The maximum absolute atomic E-state index is 5.23. The van der Waals surface area contributed by atoms with E-state index in [4.69, 9.17) is 18.9 Å². The highest BCUT2D eigenvalue weighted by atomic mass is 16.8. The summed E-state index contributed by atoms with van der Waals surface area (Å²) >= 11 is 0. The van der Waals surface area contributed by atoms with Gasteiger partial charge in [0.2, 0.25) is 0 Å². The molecule has 0 aromatic carbocycles. The molecule has 85 valence electrons. The van der Waals surface area contributed by atoms with E-state index in [-0.39, 0.29) is 6.48 Å². The van der Waals surface area contributed by atoms with Crippen LogP contribution in [0.25, 0.3) is 0 Å². The molecule has 0 spiro atoms. The molecule has 0 heterocycles. The standard InChI is InChI=1S/C10H21O4/c1-4-7-13-10(12-6-3)14-9-8-11-5-2/h4-9H2,1-3H3. The van der Waals surface area contributed by atoms with Crippen molar-refractivity contribution in [2.24, 2.45) is 0 Å². The predicted octanol–water partition coefficient (Wildman–Crippen LogP) is 1.95. The van der Waals surface area contributed by atoms with Crippen molar-refractivity contribution in [3.05, 3.63) is 6.48 Å². The molecule has 0 fully saturated rings. The van der Waals surface area contributed by atoms with Crippen LogP contribution in [0.4, 0.5) is 0 Å². The van der Waals surface area contributed by atoms with Gasteiger partial charge < -0.3 is 18.9 Å². The van der Waals surface area contributed by atoms with Crippen molar-refractivity contribution in [2.75, 3.05) is 33.0 Å². The van der Waals surface area contributed by atoms with Gasteiger partial charge in [-0.2, -0.15) is 0 Å². The normalized spacial score (nSPS) is 11.1. The van der Waals surface area contributed by atoms with Crippen molar-refractivity contribution >= 4 is 0 Å². The van der Waals surface area contributed by atoms with E-state index in [0.29, 0.717) is 33.0 Å². The Labute approximate surface area is 86.5 Å². The first-order valence-corrected chi connectivity index (χ1v) is 5.18. The van der Waals surface area contributed by atoms with E-state index in [2.05, 4.69) is 0 Å². The fraction of sp³-hybridized carbons (Fsp3) is 0.900. The smallest absolute Gasteiger partial charge is 0.370 e. The van der Waals surface area contributed by atoms with Crippen LogP contribution in [0.3, 0.4) is 0 Å². The Kier molecular flexibility index (Phi) is 10.8. The van der Waals surface area contributed by atoms with Crippen LogP contribution in [0.15, 0.2) is 0 Å². The summed E-state index contributed by atoms with van der Waals surface area (Å²) < 4.78 is 20.7. The molecule has 0 saturated heterocycles. The Balaban J connectivity index is 3.40. The Morgan fingerprint density at radius 3 is 2.07 bits per heavy atom. The summed E-state index contributed by atoms with van der Waals surface area (Å²) in [6.45, 7) is 9.01. The highest BCUT2D eigenvalue weighted by Gasteiger charge is 2.11. The molecule has 0 aliphatic heterocycles. The Bertz CT molecular complexity index is 108. The third kappa shape index (κ3) is 8.44. The zero-order valence-electron chi connectivity index (χ0n) is 9.38. The van der Waals surface area contributed by atoms with E-state index < -0.39 is 0 Å². The number of hydrogen-bond donors (Lipinski definition) is 0. The van der Waals surface area contributed by atoms with Crippen molar-refractivity contribution in [3.8, 4) is 0 Å². The van der Waals surface area contributed by atoms with Gasteiger partial charge in [0.05, 0.1) is 19.8 Å². The van der Waals surface area contributed by atoms with Crippen molar-refractivity contribution in [1.82, 2.24) is 0 Å². The molecule has 0 unspecified atom stereocenters. The Morgan fingerprint density at radius 1 is 0.786 bits per heavy atom. The monoisotopic (exact) mass is 205 g/mol. The first-order valence-electron chi connectivity index (χ1n) is 5.18. The van der Waals surface area contributed by atoms with Crippen molar-refractivity contribution in [1.29, 1.82) is 0 Å². The summed E-state index contributed by atoms with van der Waals surface area (Å²) in [5.74, 6) is 0. The summed E-state index contributed by atoms with van der Waals surface area (Å²) in [4.78, 5) is 0. The number of hydrogen-bond acceptors (Lipinski definition) is 4. The van der Waals surface area contributed by atoms with E-state index in [1.165, 1.54) is 0 Å². The number of rotatable bonds is 10. The second-order valence-corrected chi connectivity index (χ2v) is 2.58. The predicted molar refractivity (Wildman–Crippen MR) is 53.6 cm³/mol. The number of ether oxygens (including phenoxy) is 4. The molecule has 0 bridgehead atoms. The van der Waals surface area contributed by atoms with E-state index in [1.54, 1.807) is 0 Å². The average Bonchev–Trinajstić information content (AvgIpc) is 2.20. The molecule has 0 N–H and O–H groups in total. The summed E-state index contributed by atoms with van der Waals surface area (Å²) in [5.41, 5.74) is 0. The van der Waals surface area contributed by atoms with Gasteiger partial charge in [-0.1, -0.05) is 6.92 Å². The first kappa shape index (κ1) is 13.8. The molecule has 14 heavy (non-hydrogen) atoms. The van der Waals surface area contributed by atoms with Crippen molar-refractivity contribution in [2.45, 2.75) is 27.2 Å². The molecular formula is C10H21O4. The van der Waals surface area contributed by atoms with Gasteiger partial charge in [-0.05, 0) is 20.3 Å². The van der Waals surface area contributed by atoms with E-state index in [9.17, 15) is 0 Å². The summed E-state index contributed by atoms with van der Waals surface area (Å²) in [6, 6.07) is 0. The minimum Gasteiger partial charge on any atom is -0.379 e. The quantitative estimate of drug-likeness (QED) is 0.511. The molecule has 0 saturated carbocycles. The molecule has 0 aliphatic rings. The van der Waals surface area contributed by atoms with Gasteiger partial charge >= 0.3 is 6.48 Å². The van der Waals surface area contributed by atoms with Gasteiger partial charge in [0.15, 0.2) is 0 Å². The molecule has 0 aromatic heterocycles.